The zero-order valence-electron chi connectivity index (χ0n) is 11.7. The number of hydrogen-bond donors (Lipinski definition) is 3. The van der Waals surface area contributed by atoms with Gasteiger partial charge >= 0.3 is 0 Å². The van der Waals surface area contributed by atoms with Gasteiger partial charge in [0.05, 0.1) is 24.5 Å². The minimum Gasteiger partial charge on any atom is -0.397 e. The van der Waals surface area contributed by atoms with E-state index in [1.807, 2.05) is 4.90 Å². The Morgan fingerprint density at radius 1 is 1.45 bits per heavy atom. The number of benzene rings is 1. The third-order valence-electron chi connectivity index (χ3n) is 2.90. The maximum absolute atomic E-state index is 12.9. The first-order valence-corrected chi connectivity index (χ1v) is 6.75. The summed E-state index contributed by atoms with van der Waals surface area (Å²) in [6.07, 6.45) is 1.99. The van der Waals surface area contributed by atoms with Crippen LogP contribution in [0.3, 0.4) is 0 Å². The van der Waals surface area contributed by atoms with Crippen molar-refractivity contribution in [2.45, 2.75) is 19.8 Å². The molecule has 1 aromatic rings. The molecule has 0 bridgehead atoms. The molecule has 1 aromatic carbocycles. The molecule has 0 aliphatic carbocycles. The van der Waals surface area contributed by atoms with Crippen molar-refractivity contribution in [3.63, 3.8) is 0 Å². The SMILES string of the molecule is CCCCN(CCO)CC(=O)Nc1ccc(F)cc1N. The van der Waals surface area contributed by atoms with E-state index in [1.165, 1.54) is 12.1 Å². The number of halogens is 1. The molecule has 0 spiro atoms. The van der Waals surface area contributed by atoms with Crippen molar-refractivity contribution < 1.29 is 14.3 Å². The normalized spacial score (nSPS) is 10.8. The Bertz CT molecular complexity index is 440. The summed E-state index contributed by atoms with van der Waals surface area (Å²) >= 11 is 0. The molecule has 0 aromatic heterocycles. The van der Waals surface area contributed by atoms with Crippen LogP contribution in [-0.4, -0.2) is 42.2 Å². The second-order valence-electron chi connectivity index (χ2n) is 4.63. The van der Waals surface area contributed by atoms with Gasteiger partial charge in [-0.05, 0) is 31.2 Å². The minimum atomic E-state index is -0.439. The average Bonchev–Trinajstić information content (AvgIpc) is 2.39. The van der Waals surface area contributed by atoms with Crippen LogP contribution in [0.15, 0.2) is 18.2 Å². The third kappa shape index (κ3) is 5.54. The van der Waals surface area contributed by atoms with Crippen LogP contribution in [0.25, 0.3) is 0 Å². The Morgan fingerprint density at radius 3 is 2.80 bits per heavy atom. The van der Waals surface area contributed by atoms with Crippen LogP contribution in [0.1, 0.15) is 19.8 Å². The summed E-state index contributed by atoms with van der Waals surface area (Å²) in [4.78, 5) is 13.8. The smallest absolute Gasteiger partial charge is 0.238 e. The van der Waals surface area contributed by atoms with Gasteiger partial charge in [-0.15, -0.1) is 0 Å². The summed E-state index contributed by atoms with van der Waals surface area (Å²) in [6.45, 7) is 3.46. The van der Waals surface area contributed by atoms with E-state index in [4.69, 9.17) is 10.8 Å². The van der Waals surface area contributed by atoms with Crippen LogP contribution in [0.4, 0.5) is 15.8 Å². The number of nitrogens with two attached hydrogens (primary N) is 1. The van der Waals surface area contributed by atoms with E-state index in [0.29, 0.717) is 12.2 Å². The van der Waals surface area contributed by atoms with Crippen molar-refractivity contribution in [3.8, 4) is 0 Å². The number of aliphatic hydroxyl groups is 1. The van der Waals surface area contributed by atoms with Crippen molar-refractivity contribution in [2.24, 2.45) is 0 Å². The topological polar surface area (TPSA) is 78.6 Å². The molecule has 0 saturated heterocycles. The van der Waals surface area contributed by atoms with Crippen molar-refractivity contribution in [2.75, 3.05) is 37.3 Å². The zero-order valence-corrected chi connectivity index (χ0v) is 11.7. The molecule has 1 amide bonds. The number of aliphatic hydroxyl groups excluding tert-OH is 1. The number of carbonyl (C=O) groups excluding carboxylic acids is 1. The molecule has 112 valence electrons. The third-order valence-corrected chi connectivity index (χ3v) is 2.90. The number of amides is 1. The van der Waals surface area contributed by atoms with E-state index >= 15 is 0 Å². The quantitative estimate of drug-likeness (QED) is 0.631. The lowest BCUT2D eigenvalue weighted by Gasteiger charge is -2.20. The van der Waals surface area contributed by atoms with Crippen molar-refractivity contribution in [1.29, 1.82) is 0 Å². The van der Waals surface area contributed by atoms with Gasteiger partial charge in [0, 0.05) is 6.54 Å². The lowest BCUT2D eigenvalue weighted by molar-refractivity contribution is -0.117. The molecule has 0 aliphatic heterocycles. The number of unbranched alkanes of at least 4 members (excludes halogenated alkanes) is 1. The molecular formula is C14H22FN3O2. The summed E-state index contributed by atoms with van der Waals surface area (Å²) in [6, 6.07) is 3.84. The fraction of sp³-hybridized carbons (Fsp3) is 0.500. The lowest BCUT2D eigenvalue weighted by Crippen LogP contribution is -2.36. The van der Waals surface area contributed by atoms with Crippen LogP contribution in [0.2, 0.25) is 0 Å². The van der Waals surface area contributed by atoms with E-state index in [-0.39, 0.29) is 24.7 Å². The number of nitrogen functional groups attached to an aromatic ring is 1. The van der Waals surface area contributed by atoms with Crippen molar-refractivity contribution >= 4 is 17.3 Å². The van der Waals surface area contributed by atoms with Gasteiger partial charge in [-0.1, -0.05) is 13.3 Å². The molecular weight excluding hydrogens is 261 g/mol. The van der Waals surface area contributed by atoms with E-state index in [1.54, 1.807) is 0 Å². The number of nitrogens with one attached hydrogen (secondary N) is 1. The molecule has 6 heteroatoms. The highest BCUT2D eigenvalue weighted by Crippen LogP contribution is 2.18. The molecule has 0 aliphatic rings. The Balaban J connectivity index is 2.55. The van der Waals surface area contributed by atoms with Gasteiger partial charge in [0.15, 0.2) is 0 Å². The highest BCUT2D eigenvalue weighted by atomic mass is 19.1. The minimum absolute atomic E-state index is 0.00960. The van der Waals surface area contributed by atoms with Gasteiger partial charge in [0.2, 0.25) is 5.91 Å². The van der Waals surface area contributed by atoms with E-state index in [0.717, 1.165) is 25.5 Å². The standard InChI is InChI=1S/C14H22FN3O2/c1-2-3-6-18(7-8-19)10-14(20)17-13-5-4-11(15)9-12(13)16/h4-5,9,19H,2-3,6-8,10,16H2,1H3,(H,17,20). The fourth-order valence-electron chi connectivity index (χ4n) is 1.83. The molecule has 0 radical (unpaired) electrons. The predicted octanol–water partition coefficient (Wildman–Crippen LogP) is 1.44. The Morgan fingerprint density at radius 2 is 2.20 bits per heavy atom. The molecule has 20 heavy (non-hydrogen) atoms. The number of hydrogen-bond acceptors (Lipinski definition) is 4. The number of carbonyl (C=O) groups is 1. The van der Waals surface area contributed by atoms with Gasteiger partial charge in [0.1, 0.15) is 5.82 Å². The molecule has 0 saturated carbocycles. The molecule has 0 heterocycles. The van der Waals surface area contributed by atoms with Gasteiger partial charge < -0.3 is 16.2 Å². The lowest BCUT2D eigenvalue weighted by atomic mass is 10.2. The molecule has 0 atom stereocenters. The van der Waals surface area contributed by atoms with Gasteiger partial charge in [-0.25, -0.2) is 4.39 Å². The van der Waals surface area contributed by atoms with Gasteiger partial charge in [0.25, 0.3) is 0 Å². The maximum atomic E-state index is 12.9. The van der Waals surface area contributed by atoms with Crippen LogP contribution in [0, 0.1) is 5.82 Å². The molecule has 0 unspecified atom stereocenters. The molecule has 0 fully saturated rings. The Hall–Kier alpha value is -1.66. The summed E-state index contributed by atoms with van der Waals surface area (Å²) < 4.78 is 12.9. The number of nitrogens with zero attached hydrogens (tertiary/aromatic N) is 1. The van der Waals surface area contributed by atoms with Crippen LogP contribution in [0.5, 0.6) is 0 Å². The molecule has 1 rings (SSSR count). The fourth-order valence-corrected chi connectivity index (χ4v) is 1.83. The van der Waals surface area contributed by atoms with Crippen molar-refractivity contribution in [1.82, 2.24) is 4.90 Å². The summed E-state index contributed by atoms with van der Waals surface area (Å²) in [7, 11) is 0. The zero-order chi connectivity index (χ0) is 15.0. The van der Waals surface area contributed by atoms with E-state index < -0.39 is 5.82 Å². The molecule has 5 nitrogen and oxygen atoms in total. The highest BCUT2D eigenvalue weighted by Gasteiger charge is 2.11. The first kappa shape index (κ1) is 16.4. The van der Waals surface area contributed by atoms with Crippen LogP contribution >= 0.6 is 0 Å². The van der Waals surface area contributed by atoms with Gasteiger partial charge in [-0.2, -0.15) is 0 Å². The van der Waals surface area contributed by atoms with Gasteiger partial charge in [-0.3, -0.25) is 9.69 Å². The largest absolute Gasteiger partial charge is 0.397 e. The maximum Gasteiger partial charge on any atom is 0.238 e. The first-order chi connectivity index (χ1) is 9.56. The Kier molecular flexibility index (Phi) is 6.97. The Labute approximate surface area is 118 Å². The summed E-state index contributed by atoms with van der Waals surface area (Å²) in [5.41, 5.74) is 6.22. The van der Waals surface area contributed by atoms with Crippen LogP contribution < -0.4 is 11.1 Å². The number of anilines is 2. The first-order valence-electron chi connectivity index (χ1n) is 6.75. The monoisotopic (exact) mass is 283 g/mol. The highest BCUT2D eigenvalue weighted by molar-refractivity contribution is 5.95. The summed E-state index contributed by atoms with van der Waals surface area (Å²) in [5.74, 6) is -0.668. The summed E-state index contributed by atoms with van der Waals surface area (Å²) in [5, 5.41) is 11.6. The van der Waals surface area contributed by atoms with E-state index in [2.05, 4.69) is 12.2 Å². The van der Waals surface area contributed by atoms with Crippen LogP contribution in [-0.2, 0) is 4.79 Å². The van der Waals surface area contributed by atoms with E-state index in [9.17, 15) is 9.18 Å². The second kappa shape index (κ2) is 8.50. The van der Waals surface area contributed by atoms with Crippen molar-refractivity contribution in [3.05, 3.63) is 24.0 Å². The average molecular weight is 283 g/mol. The number of rotatable bonds is 8. The predicted molar refractivity (Wildman–Crippen MR) is 77.9 cm³/mol. The second-order valence-corrected chi connectivity index (χ2v) is 4.63. The molecule has 4 N–H and O–H groups in total.